The molecule has 1 aromatic heterocycles. The average Bonchev–Trinajstić information content (AvgIpc) is 2.91. The molecule has 0 aliphatic heterocycles. The molecule has 0 spiro atoms. The standard InChI is InChI=1S/C15H18Br2N2OS/c1-3-11-8-19-14(21-11)9-18-7-10-5-12(16)15(20-4-2)13(17)6-10/h5-6,8,18H,3-4,7,9H2,1-2H3. The first-order chi connectivity index (χ1) is 10.1. The summed E-state index contributed by atoms with van der Waals surface area (Å²) in [5.41, 5.74) is 1.20. The number of nitrogens with one attached hydrogen (secondary N) is 1. The highest BCUT2D eigenvalue weighted by Gasteiger charge is 2.08. The third-order valence-electron chi connectivity index (χ3n) is 2.90. The van der Waals surface area contributed by atoms with Crippen LogP contribution in [0, 0.1) is 0 Å². The van der Waals surface area contributed by atoms with Crippen molar-refractivity contribution in [3.63, 3.8) is 0 Å². The van der Waals surface area contributed by atoms with Gasteiger partial charge >= 0.3 is 0 Å². The van der Waals surface area contributed by atoms with Crippen LogP contribution >= 0.6 is 43.2 Å². The van der Waals surface area contributed by atoms with E-state index in [1.165, 1.54) is 10.4 Å². The van der Waals surface area contributed by atoms with Crippen molar-refractivity contribution in [3.8, 4) is 5.75 Å². The van der Waals surface area contributed by atoms with Gasteiger partial charge in [0, 0.05) is 24.2 Å². The molecule has 0 aliphatic carbocycles. The highest BCUT2D eigenvalue weighted by Crippen LogP contribution is 2.34. The Morgan fingerprint density at radius 3 is 2.48 bits per heavy atom. The van der Waals surface area contributed by atoms with Crippen molar-refractivity contribution in [1.29, 1.82) is 0 Å². The summed E-state index contributed by atoms with van der Waals surface area (Å²) < 4.78 is 7.53. The van der Waals surface area contributed by atoms with Crippen molar-refractivity contribution < 1.29 is 4.74 Å². The average molecular weight is 434 g/mol. The van der Waals surface area contributed by atoms with Gasteiger partial charge in [-0.15, -0.1) is 11.3 Å². The monoisotopic (exact) mass is 432 g/mol. The number of thiazole rings is 1. The van der Waals surface area contributed by atoms with Gasteiger partial charge in [0.2, 0.25) is 0 Å². The predicted octanol–water partition coefficient (Wildman–Crippen LogP) is 4.92. The highest BCUT2D eigenvalue weighted by atomic mass is 79.9. The van der Waals surface area contributed by atoms with Gasteiger partial charge in [-0.2, -0.15) is 0 Å². The number of hydrogen-bond donors (Lipinski definition) is 1. The summed E-state index contributed by atoms with van der Waals surface area (Å²) in [6, 6.07) is 4.17. The van der Waals surface area contributed by atoms with E-state index in [4.69, 9.17) is 4.74 Å². The lowest BCUT2D eigenvalue weighted by atomic mass is 10.2. The molecule has 114 valence electrons. The predicted molar refractivity (Wildman–Crippen MR) is 95.0 cm³/mol. The second kappa shape index (κ2) is 8.27. The molecule has 0 saturated carbocycles. The molecule has 0 unspecified atom stereocenters. The summed E-state index contributed by atoms with van der Waals surface area (Å²) in [4.78, 5) is 5.74. The van der Waals surface area contributed by atoms with Crippen LogP contribution in [0.3, 0.4) is 0 Å². The van der Waals surface area contributed by atoms with Gasteiger partial charge in [-0.3, -0.25) is 0 Å². The molecule has 6 heteroatoms. The van der Waals surface area contributed by atoms with Gasteiger partial charge < -0.3 is 10.1 Å². The second-order valence-corrected chi connectivity index (χ2v) is 7.41. The van der Waals surface area contributed by atoms with Gasteiger partial charge in [0.15, 0.2) is 0 Å². The molecule has 0 fully saturated rings. The molecule has 3 nitrogen and oxygen atoms in total. The van der Waals surface area contributed by atoms with Crippen LogP contribution in [0.5, 0.6) is 5.75 Å². The van der Waals surface area contributed by atoms with Gasteiger partial charge in [-0.25, -0.2) is 4.98 Å². The summed E-state index contributed by atoms with van der Waals surface area (Å²) in [5.74, 6) is 0.855. The Labute approximate surface area is 146 Å². The third-order valence-corrected chi connectivity index (χ3v) is 5.22. The number of benzene rings is 1. The van der Waals surface area contributed by atoms with E-state index in [0.717, 1.165) is 39.2 Å². The first-order valence-electron chi connectivity index (χ1n) is 6.89. The first kappa shape index (κ1) is 16.9. The SMILES string of the molecule is CCOc1c(Br)cc(CNCc2ncc(CC)s2)cc1Br. The van der Waals surface area contributed by atoms with Gasteiger partial charge in [-0.05, 0) is 62.9 Å². The number of hydrogen-bond acceptors (Lipinski definition) is 4. The van der Waals surface area contributed by atoms with Crippen molar-refractivity contribution in [2.45, 2.75) is 33.4 Å². The van der Waals surface area contributed by atoms with E-state index in [1.807, 2.05) is 13.1 Å². The zero-order chi connectivity index (χ0) is 15.2. The van der Waals surface area contributed by atoms with E-state index in [9.17, 15) is 0 Å². The molecule has 21 heavy (non-hydrogen) atoms. The van der Waals surface area contributed by atoms with E-state index in [0.29, 0.717) is 6.61 Å². The molecule has 1 aromatic carbocycles. The Morgan fingerprint density at radius 2 is 1.90 bits per heavy atom. The van der Waals surface area contributed by atoms with Crippen molar-refractivity contribution in [1.82, 2.24) is 10.3 Å². The molecule has 1 heterocycles. The molecular weight excluding hydrogens is 416 g/mol. The van der Waals surface area contributed by atoms with Crippen LogP contribution < -0.4 is 10.1 Å². The van der Waals surface area contributed by atoms with Gasteiger partial charge in [0.1, 0.15) is 10.8 Å². The normalized spacial score (nSPS) is 10.9. The first-order valence-corrected chi connectivity index (χ1v) is 9.29. The molecule has 0 amide bonds. The topological polar surface area (TPSA) is 34.1 Å². The van der Waals surface area contributed by atoms with Gasteiger partial charge in [-0.1, -0.05) is 6.92 Å². The summed E-state index contributed by atoms with van der Waals surface area (Å²) >= 11 is 8.88. The molecule has 0 aliphatic rings. The van der Waals surface area contributed by atoms with Crippen molar-refractivity contribution >= 4 is 43.2 Å². The van der Waals surface area contributed by atoms with E-state index in [2.05, 4.69) is 61.2 Å². The minimum Gasteiger partial charge on any atom is -0.492 e. The molecule has 2 rings (SSSR count). The molecule has 2 aromatic rings. The molecule has 0 saturated heterocycles. The second-order valence-electron chi connectivity index (χ2n) is 4.50. The molecule has 0 atom stereocenters. The summed E-state index contributed by atoms with van der Waals surface area (Å²) in [7, 11) is 0. The maximum atomic E-state index is 5.59. The van der Waals surface area contributed by atoms with E-state index in [-0.39, 0.29) is 0 Å². The highest BCUT2D eigenvalue weighted by molar-refractivity contribution is 9.11. The number of ether oxygens (including phenoxy) is 1. The van der Waals surface area contributed by atoms with Crippen LogP contribution in [0.1, 0.15) is 29.3 Å². The number of nitrogens with zero attached hydrogens (tertiary/aromatic N) is 1. The Balaban J connectivity index is 1.94. The Morgan fingerprint density at radius 1 is 1.19 bits per heavy atom. The maximum absolute atomic E-state index is 5.59. The number of aromatic nitrogens is 1. The lowest BCUT2D eigenvalue weighted by molar-refractivity contribution is 0.336. The Bertz CT molecular complexity index is 578. The Hall–Kier alpha value is -0.430. The summed E-state index contributed by atoms with van der Waals surface area (Å²) in [5, 5.41) is 4.56. The maximum Gasteiger partial charge on any atom is 0.147 e. The van der Waals surface area contributed by atoms with E-state index in [1.54, 1.807) is 11.3 Å². The molecule has 1 N–H and O–H groups in total. The van der Waals surface area contributed by atoms with Crippen molar-refractivity contribution in [2.24, 2.45) is 0 Å². The zero-order valence-electron chi connectivity index (χ0n) is 12.1. The van der Waals surface area contributed by atoms with Crippen LogP contribution in [0.25, 0.3) is 0 Å². The van der Waals surface area contributed by atoms with E-state index < -0.39 is 0 Å². The third kappa shape index (κ3) is 4.77. The molecule has 0 radical (unpaired) electrons. The van der Waals surface area contributed by atoms with Crippen LogP contribution in [-0.4, -0.2) is 11.6 Å². The van der Waals surface area contributed by atoms with Gasteiger partial charge in [0.25, 0.3) is 0 Å². The minimum absolute atomic E-state index is 0.651. The minimum atomic E-state index is 0.651. The van der Waals surface area contributed by atoms with Crippen LogP contribution in [-0.2, 0) is 19.5 Å². The van der Waals surface area contributed by atoms with Crippen LogP contribution in [0.15, 0.2) is 27.3 Å². The van der Waals surface area contributed by atoms with Crippen molar-refractivity contribution in [2.75, 3.05) is 6.61 Å². The van der Waals surface area contributed by atoms with Crippen LogP contribution in [0.4, 0.5) is 0 Å². The molecular formula is C15H18Br2N2OS. The number of aryl methyl sites for hydroxylation is 1. The molecule has 0 bridgehead atoms. The summed E-state index contributed by atoms with van der Waals surface area (Å²) in [6.07, 6.45) is 3.02. The van der Waals surface area contributed by atoms with Gasteiger partial charge in [0.05, 0.1) is 15.6 Å². The lowest BCUT2D eigenvalue weighted by Crippen LogP contribution is -2.12. The summed E-state index contributed by atoms with van der Waals surface area (Å²) in [6.45, 7) is 6.38. The Kier molecular flexibility index (Phi) is 6.67. The fraction of sp³-hybridized carbons (Fsp3) is 0.400. The zero-order valence-corrected chi connectivity index (χ0v) is 16.1. The van der Waals surface area contributed by atoms with Crippen LogP contribution in [0.2, 0.25) is 0 Å². The lowest BCUT2D eigenvalue weighted by Gasteiger charge is -2.11. The number of halogens is 2. The smallest absolute Gasteiger partial charge is 0.147 e. The van der Waals surface area contributed by atoms with Crippen molar-refractivity contribution in [3.05, 3.63) is 42.7 Å². The quantitative estimate of drug-likeness (QED) is 0.672. The number of rotatable bonds is 7. The fourth-order valence-corrected chi connectivity index (χ4v) is 4.25. The van der Waals surface area contributed by atoms with E-state index >= 15 is 0 Å². The largest absolute Gasteiger partial charge is 0.492 e. The fourth-order valence-electron chi connectivity index (χ4n) is 1.90.